The highest BCUT2D eigenvalue weighted by atomic mass is 16.5. The van der Waals surface area contributed by atoms with Crippen molar-refractivity contribution in [3.8, 4) is 0 Å². The number of ether oxygens (including phenoxy) is 1. The van der Waals surface area contributed by atoms with E-state index in [-0.39, 0.29) is 12.6 Å². The second-order valence-electron chi connectivity index (χ2n) is 3.11. The third-order valence-corrected chi connectivity index (χ3v) is 1.79. The van der Waals surface area contributed by atoms with E-state index in [2.05, 4.69) is 10.3 Å². The van der Waals surface area contributed by atoms with Crippen LogP contribution in [0.3, 0.4) is 0 Å². The van der Waals surface area contributed by atoms with E-state index in [1.165, 1.54) is 0 Å². The molecule has 0 aliphatic carbocycles. The number of hydrogen-bond acceptors (Lipinski definition) is 4. The molecule has 0 aliphatic rings. The summed E-state index contributed by atoms with van der Waals surface area (Å²) in [5.41, 5.74) is 1.44. The number of nitrogens with zero attached hydrogens (tertiary/aromatic N) is 3. The second-order valence-corrected chi connectivity index (χ2v) is 3.11. The lowest BCUT2D eigenvalue weighted by Gasteiger charge is -2.09. The summed E-state index contributed by atoms with van der Waals surface area (Å²) in [7, 11) is 1.61. The molecule has 0 spiro atoms. The Hall–Kier alpha value is -0.940. The monoisotopic (exact) mass is 185 g/mol. The molecule has 1 rings (SSSR count). The molecule has 0 atom stereocenters. The first-order valence-electron chi connectivity index (χ1n) is 4.23. The molecule has 0 saturated heterocycles. The van der Waals surface area contributed by atoms with Gasteiger partial charge in [-0.3, -0.25) is 0 Å². The molecule has 5 nitrogen and oxygen atoms in total. The summed E-state index contributed by atoms with van der Waals surface area (Å²) in [6, 6.07) is 0.234. The number of methoxy groups -OCH3 is 1. The largest absolute Gasteiger partial charge is 0.390 e. The Bertz CT molecular complexity index is 270. The molecule has 74 valence electrons. The average molecular weight is 185 g/mol. The van der Waals surface area contributed by atoms with Crippen LogP contribution < -0.4 is 0 Å². The van der Waals surface area contributed by atoms with Crippen LogP contribution in [0.2, 0.25) is 0 Å². The van der Waals surface area contributed by atoms with Gasteiger partial charge in [0.2, 0.25) is 0 Å². The standard InChI is InChI=1S/C8H15N3O2/c1-6(2)11-8(5-13-3)7(4-12)9-10-11/h6,12H,4-5H2,1-3H3. The van der Waals surface area contributed by atoms with Crippen molar-refractivity contribution in [3.63, 3.8) is 0 Å². The normalized spacial score (nSPS) is 11.2. The van der Waals surface area contributed by atoms with Gasteiger partial charge in [0.25, 0.3) is 0 Å². The van der Waals surface area contributed by atoms with Gasteiger partial charge in [-0.1, -0.05) is 5.21 Å². The molecule has 0 unspecified atom stereocenters. The maximum absolute atomic E-state index is 8.97. The summed E-state index contributed by atoms with van der Waals surface area (Å²) >= 11 is 0. The van der Waals surface area contributed by atoms with Gasteiger partial charge >= 0.3 is 0 Å². The van der Waals surface area contributed by atoms with Crippen molar-refractivity contribution in [2.24, 2.45) is 0 Å². The minimum atomic E-state index is -0.0919. The van der Waals surface area contributed by atoms with Crippen LogP contribution in [-0.4, -0.2) is 27.2 Å². The zero-order valence-electron chi connectivity index (χ0n) is 8.19. The first-order chi connectivity index (χ1) is 6.20. The quantitative estimate of drug-likeness (QED) is 0.742. The lowest BCUT2D eigenvalue weighted by molar-refractivity contribution is 0.171. The van der Waals surface area contributed by atoms with Crippen LogP contribution in [-0.2, 0) is 18.0 Å². The van der Waals surface area contributed by atoms with Gasteiger partial charge in [-0.05, 0) is 13.8 Å². The summed E-state index contributed by atoms with van der Waals surface area (Å²) in [6.45, 7) is 4.36. The highest BCUT2D eigenvalue weighted by Gasteiger charge is 2.13. The van der Waals surface area contributed by atoms with Crippen molar-refractivity contribution in [2.75, 3.05) is 7.11 Å². The lowest BCUT2D eigenvalue weighted by atomic mass is 10.3. The van der Waals surface area contributed by atoms with E-state index in [9.17, 15) is 0 Å². The van der Waals surface area contributed by atoms with Crippen molar-refractivity contribution in [1.82, 2.24) is 15.0 Å². The molecule has 0 saturated carbocycles. The Morgan fingerprint density at radius 2 is 2.23 bits per heavy atom. The van der Waals surface area contributed by atoms with Gasteiger partial charge in [-0.25, -0.2) is 4.68 Å². The summed E-state index contributed by atoms with van der Waals surface area (Å²) in [5, 5.41) is 16.8. The predicted molar refractivity (Wildman–Crippen MR) is 47.0 cm³/mol. The fraction of sp³-hybridized carbons (Fsp3) is 0.750. The molecular weight excluding hydrogens is 170 g/mol. The molecule has 0 aromatic carbocycles. The zero-order valence-corrected chi connectivity index (χ0v) is 8.19. The summed E-state index contributed by atoms with van der Waals surface area (Å²) in [4.78, 5) is 0. The van der Waals surface area contributed by atoms with E-state index in [1.807, 2.05) is 13.8 Å². The molecule has 1 aromatic heterocycles. The topological polar surface area (TPSA) is 60.2 Å². The highest BCUT2D eigenvalue weighted by Crippen LogP contribution is 2.12. The number of rotatable bonds is 4. The predicted octanol–water partition coefficient (Wildman–Crippen LogP) is 0.498. The van der Waals surface area contributed by atoms with Crippen molar-refractivity contribution in [1.29, 1.82) is 0 Å². The first kappa shape index (κ1) is 10.1. The van der Waals surface area contributed by atoms with E-state index in [0.717, 1.165) is 5.69 Å². The van der Waals surface area contributed by atoms with Crippen LogP contribution in [0.5, 0.6) is 0 Å². The molecule has 0 radical (unpaired) electrons. The van der Waals surface area contributed by atoms with Crippen LogP contribution in [0.15, 0.2) is 0 Å². The smallest absolute Gasteiger partial charge is 0.114 e. The van der Waals surface area contributed by atoms with Gasteiger partial charge in [0.1, 0.15) is 5.69 Å². The fourth-order valence-corrected chi connectivity index (χ4v) is 1.17. The fourth-order valence-electron chi connectivity index (χ4n) is 1.17. The van der Waals surface area contributed by atoms with E-state index in [1.54, 1.807) is 11.8 Å². The van der Waals surface area contributed by atoms with Crippen LogP contribution in [0.25, 0.3) is 0 Å². The van der Waals surface area contributed by atoms with Crippen molar-refractivity contribution >= 4 is 0 Å². The summed E-state index contributed by atoms with van der Waals surface area (Å²) in [5.74, 6) is 0. The first-order valence-corrected chi connectivity index (χ1v) is 4.23. The molecule has 1 N–H and O–H groups in total. The number of aliphatic hydroxyl groups excluding tert-OH is 1. The lowest BCUT2D eigenvalue weighted by Crippen LogP contribution is -2.09. The molecule has 0 bridgehead atoms. The molecule has 0 fully saturated rings. The Labute approximate surface area is 77.3 Å². The van der Waals surface area contributed by atoms with E-state index < -0.39 is 0 Å². The Balaban J connectivity index is 2.99. The van der Waals surface area contributed by atoms with Gasteiger partial charge in [0.05, 0.1) is 18.9 Å². The number of aromatic nitrogens is 3. The minimum absolute atomic E-state index is 0.0919. The summed E-state index contributed by atoms with van der Waals surface area (Å²) < 4.78 is 6.77. The van der Waals surface area contributed by atoms with E-state index in [4.69, 9.17) is 9.84 Å². The van der Waals surface area contributed by atoms with Crippen LogP contribution in [0.1, 0.15) is 31.3 Å². The maximum Gasteiger partial charge on any atom is 0.114 e. The molecule has 1 heterocycles. The van der Waals surface area contributed by atoms with E-state index >= 15 is 0 Å². The van der Waals surface area contributed by atoms with Gasteiger partial charge < -0.3 is 9.84 Å². The highest BCUT2D eigenvalue weighted by molar-refractivity contribution is 5.08. The molecule has 0 aliphatic heterocycles. The van der Waals surface area contributed by atoms with Gasteiger partial charge in [0.15, 0.2) is 0 Å². The number of aliphatic hydroxyl groups is 1. The van der Waals surface area contributed by atoms with Crippen LogP contribution >= 0.6 is 0 Å². The van der Waals surface area contributed by atoms with Gasteiger partial charge in [0, 0.05) is 13.2 Å². The zero-order chi connectivity index (χ0) is 9.84. The van der Waals surface area contributed by atoms with Crippen LogP contribution in [0.4, 0.5) is 0 Å². The Morgan fingerprint density at radius 3 is 2.69 bits per heavy atom. The third kappa shape index (κ3) is 2.05. The van der Waals surface area contributed by atoms with Gasteiger partial charge in [-0.15, -0.1) is 5.10 Å². The SMILES string of the molecule is COCc1c(CO)nnn1C(C)C. The molecule has 1 aromatic rings. The molecular formula is C8H15N3O2. The maximum atomic E-state index is 8.97. The molecule has 5 heteroatoms. The van der Waals surface area contributed by atoms with Crippen molar-refractivity contribution in [2.45, 2.75) is 33.1 Å². The second kappa shape index (κ2) is 4.34. The van der Waals surface area contributed by atoms with Gasteiger partial charge in [-0.2, -0.15) is 0 Å². The summed E-state index contributed by atoms with van der Waals surface area (Å²) in [6.07, 6.45) is 0. The number of hydrogen-bond donors (Lipinski definition) is 1. The molecule has 13 heavy (non-hydrogen) atoms. The third-order valence-electron chi connectivity index (χ3n) is 1.79. The van der Waals surface area contributed by atoms with Crippen molar-refractivity contribution < 1.29 is 9.84 Å². The Morgan fingerprint density at radius 1 is 1.54 bits per heavy atom. The van der Waals surface area contributed by atoms with Crippen LogP contribution in [0, 0.1) is 0 Å². The molecule has 0 amide bonds. The Kier molecular flexibility index (Phi) is 3.39. The minimum Gasteiger partial charge on any atom is -0.390 e. The average Bonchev–Trinajstić information content (AvgIpc) is 2.48. The van der Waals surface area contributed by atoms with E-state index in [0.29, 0.717) is 12.3 Å². The van der Waals surface area contributed by atoms with Crippen molar-refractivity contribution in [3.05, 3.63) is 11.4 Å².